The third-order valence-corrected chi connectivity index (χ3v) is 4.26. The van der Waals surface area contributed by atoms with Crippen molar-refractivity contribution < 1.29 is 4.79 Å². The molecule has 0 aliphatic carbocycles. The number of hydrogen-bond donors (Lipinski definition) is 1. The average molecular weight is 256 g/mol. The Hall–Kier alpha value is -0.670. The molecule has 1 aromatic rings. The van der Waals surface area contributed by atoms with Crippen molar-refractivity contribution >= 4 is 35.0 Å². The van der Waals surface area contributed by atoms with E-state index >= 15 is 0 Å². The fourth-order valence-corrected chi connectivity index (χ4v) is 3.07. The molecule has 1 amide bonds. The van der Waals surface area contributed by atoms with Crippen LogP contribution >= 0.6 is 23.4 Å². The number of benzene rings is 1. The van der Waals surface area contributed by atoms with Gasteiger partial charge in [-0.15, -0.1) is 23.4 Å². The number of anilines is 1. The molecule has 1 aliphatic rings. The van der Waals surface area contributed by atoms with E-state index in [2.05, 4.69) is 5.32 Å². The van der Waals surface area contributed by atoms with Crippen LogP contribution in [0.5, 0.6) is 0 Å². The maximum Gasteiger partial charge on any atom is 0.237 e. The van der Waals surface area contributed by atoms with Crippen LogP contribution in [0.15, 0.2) is 24.3 Å². The normalized spacial score (nSPS) is 19.7. The molecule has 4 heteroatoms. The van der Waals surface area contributed by atoms with Gasteiger partial charge < -0.3 is 5.32 Å². The third kappa shape index (κ3) is 2.92. The molecule has 1 saturated heterocycles. The Morgan fingerprint density at radius 3 is 3.12 bits per heavy atom. The zero-order chi connectivity index (χ0) is 11.4. The molecule has 1 aromatic carbocycles. The lowest BCUT2D eigenvalue weighted by Crippen LogP contribution is -2.22. The quantitative estimate of drug-likeness (QED) is 0.840. The SMILES string of the molecule is O=C(Nc1cccc(CCl)c1)C1CCCS1. The first-order valence-electron chi connectivity index (χ1n) is 5.37. The van der Waals surface area contributed by atoms with Crippen molar-refractivity contribution in [2.24, 2.45) is 0 Å². The summed E-state index contributed by atoms with van der Waals surface area (Å²) in [5.74, 6) is 1.69. The van der Waals surface area contributed by atoms with Crippen molar-refractivity contribution in [1.82, 2.24) is 0 Å². The summed E-state index contributed by atoms with van der Waals surface area (Å²) >= 11 is 7.49. The molecule has 2 nitrogen and oxygen atoms in total. The van der Waals surface area contributed by atoms with E-state index in [1.54, 1.807) is 11.8 Å². The van der Waals surface area contributed by atoms with Crippen LogP contribution in [-0.2, 0) is 10.7 Å². The lowest BCUT2D eigenvalue weighted by molar-refractivity contribution is -0.115. The molecule has 0 spiro atoms. The third-order valence-electron chi connectivity index (χ3n) is 2.57. The van der Waals surface area contributed by atoms with Crippen molar-refractivity contribution in [2.75, 3.05) is 11.1 Å². The molecule has 1 unspecified atom stereocenters. The zero-order valence-electron chi connectivity index (χ0n) is 8.91. The van der Waals surface area contributed by atoms with Crippen molar-refractivity contribution in [1.29, 1.82) is 0 Å². The van der Waals surface area contributed by atoms with Gasteiger partial charge in [-0.3, -0.25) is 4.79 Å². The van der Waals surface area contributed by atoms with Gasteiger partial charge in [0.25, 0.3) is 0 Å². The van der Waals surface area contributed by atoms with Crippen molar-refractivity contribution in [3.05, 3.63) is 29.8 Å². The van der Waals surface area contributed by atoms with Gasteiger partial charge in [0.15, 0.2) is 0 Å². The van der Waals surface area contributed by atoms with E-state index in [-0.39, 0.29) is 11.2 Å². The number of thioether (sulfide) groups is 1. The monoisotopic (exact) mass is 255 g/mol. The number of alkyl halides is 1. The molecule has 16 heavy (non-hydrogen) atoms. The smallest absolute Gasteiger partial charge is 0.237 e. The van der Waals surface area contributed by atoms with E-state index in [1.165, 1.54) is 0 Å². The summed E-state index contributed by atoms with van der Waals surface area (Å²) in [6.07, 6.45) is 2.14. The molecule has 1 atom stereocenters. The van der Waals surface area contributed by atoms with Crippen LogP contribution in [0.3, 0.4) is 0 Å². The summed E-state index contributed by atoms with van der Waals surface area (Å²) in [5, 5.41) is 3.06. The predicted molar refractivity (Wildman–Crippen MR) is 70.1 cm³/mol. The highest BCUT2D eigenvalue weighted by atomic mass is 35.5. The number of rotatable bonds is 3. The lowest BCUT2D eigenvalue weighted by Gasteiger charge is -2.10. The highest BCUT2D eigenvalue weighted by molar-refractivity contribution is 8.00. The van der Waals surface area contributed by atoms with Crippen LogP contribution in [0.2, 0.25) is 0 Å². The first-order chi connectivity index (χ1) is 7.79. The molecule has 2 rings (SSSR count). The Balaban J connectivity index is 1.99. The Morgan fingerprint density at radius 2 is 2.44 bits per heavy atom. The Labute approximate surface area is 105 Å². The van der Waals surface area contributed by atoms with Gasteiger partial charge in [0.2, 0.25) is 5.91 Å². The highest BCUT2D eigenvalue weighted by Gasteiger charge is 2.23. The van der Waals surface area contributed by atoms with Crippen LogP contribution in [0.4, 0.5) is 5.69 Å². The second-order valence-corrected chi connectivity index (χ2v) is 5.40. The number of halogens is 1. The summed E-state index contributed by atoms with van der Waals surface area (Å²) in [6, 6.07) is 7.68. The van der Waals surface area contributed by atoms with Gasteiger partial charge in [-0.2, -0.15) is 0 Å². The minimum atomic E-state index is 0.120. The maximum atomic E-state index is 11.8. The minimum absolute atomic E-state index is 0.120. The molecule has 1 N–H and O–H groups in total. The van der Waals surface area contributed by atoms with Gasteiger partial charge in [0.1, 0.15) is 0 Å². The number of carbonyl (C=O) groups excluding carboxylic acids is 1. The topological polar surface area (TPSA) is 29.1 Å². The summed E-state index contributed by atoms with van der Waals surface area (Å²) < 4.78 is 0. The van der Waals surface area contributed by atoms with E-state index in [4.69, 9.17) is 11.6 Å². The van der Waals surface area contributed by atoms with Crippen LogP contribution in [0.25, 0.3) is 0 Å². The van der Waals surface area contributed by atoms with E-state index in [9.17, 15) is 4.79 Å². The maximum absolute atomic E-state index is 11.8. The summed E-state index contributed by atoms with van der Waals surface area (Å²) in [6.45, 7) is 0. The summed E-state index contributed by atoms with van der Waals surface area (Å²) in [5.41, 5.74) is 1.87. The molecule has 86 valence electrons. The van der Waals surface area contributed by atoms with Crippen molar-refractivity contribution in [2.45, 2.75) is 24.0 Å². The van der Waals surface area contributed by atoms with Crippen LogP contribution in [0, 0.1) is 0 Å². The Kier molecular flexibility index (Phi) is 4.13. The van der Waals surface area contributed by atoms with E-state index in [1.807, 2.05) is 24.3 Å². The average Bonchev–Trinajstić information content (AvgIpc) is 2.83. The molecule has 1 fully saturated rings. The second-order valence-electron chi connectivity index (χ2n) is 3.82. The molecular formula is C12H14ClNOS. The first kappa shape index (κ1) is 11.8. The fourth-order valence-electron chi connectivity index (χ4n) is 1.74. The van der Waals surface area contributed by atoms with Crippen molar-refractivity contribution in [3.8, 4) is 0 Å². The molecular weight excluding hydrogens is 242 g/mol. The molecule has 0 aromatic heterocycles. The van der Waals surface area contributed by atoms with Gasteiger partial charge in [-0.25, -0.2) is 0 Å². The number of amides is 1. The standard InChI is InChI=1S/C12H14ClNOS/c13-8-9-3-1-4-10(7-9)14-12(15)11-5-2-6-16-11/h1,3-4,7,11H,2,5-6,8H2,(H,14,15). The number of hydrogen-bond acceptors (Lipinski definition) is 2. The number of nitrogens with one attached hydrogen (secondary N) is 1. The molecule has 0 bridgehead atoms. The van der Waals surface area contributed by atoms with Gasteiger partial charge >= 0.3 is 0 Å². The highest BCUT2D eigenvalue weighted by Crippen LogP contribution is 2.27. The fraction of sp³-hybridized carbons (Fsp3) is 0.417. The summed E-state index contributed by atoms with van der Waals surface area (Å²) in [4.78, 5) is 11.8. The Morgan fingerprint density at radius 1 is 1.56 bits per heavy atom. The Bertz CT molecular complexity index is 377. The van der Waals surface area contributed by atoms with E-state index in [0.717, 1.165) is 29.8 Å². The van der Waals surface area contributed by atoms with Crippen LogP contribution in [0.1, 0.15) is 18.4 Å². The van der Waals surface area contributed by atoms with Gasteiger partial charge in [-0.05, 0) is 36.3 Å². The van der Waals surface area contributed by atoms with Gasteiger partial charge in [-0.1, -0.05) is 12.1 Å². The van der Waals surface area contributed by atoms with Gasteiger partial charge in [0.05, 0.1) is 5.25 Å². The minimum Gasteiger partial charge on any atom is -0.325 e. The molecule has 1 aliphatic heterocycles. The number of carbonyl (C=O) groups is 1. The second kappa shape index (κ2) is 5.60. The molecule has 1 heterocycles. The van der Waals surface area contributed by atoms with E-state index in [0.29, 0.717) is 5.88 Å². The molecule has 0 saturated carbocycles. The lowest BCUT2D eigenvalue weighted by atomic mass is 10.2. The van der Waals surface area contributed by atoms with Crippen LogP contribution in [-0.4, -0.2) is 16.9 Å². The zero-order valence-corrected chi connectivity index (χ0v) is 10.5. The largest absolute Gasteiger partial charge is 0.325 e. The summed E-state index contributed by atoms with van der Waals surface area (Å²) in [7, 11) is 0. The van der Waals surface area contributed by atoms with Crippen molar-refractivity contribution in [3.63, 3.8) is 0 Å². The first-order valence-corrected chi connectivity index (χ1v) is 6.95. The van der Waals surface area contributed by atoms with Crippen LogP contribution < -0.4 is 5.32 Å². The van der Waals surface area contributed by atoms with E-state index < -0.39 is 0 Å². The predicted octanol–water partition coefficient (Wildman–Crippen LogP) is 3.26. The molecule has 0 radical (unpaired) electrons. The van der Waals surface area contributed by atoms with Gasteiger partial charge in [0, 0.05) is 11.6 Å².